The Bertz CT molecular complexity index is 1280. The molecule has 1 heterocycles. The number of hydrogen-bond donors (Lipinski definition) is 5. The van der Waals surface area contributed by atoms with E-state index < -0.39 is 42.3 Å². The van der Waals surface area contributed by atoms with E-state index in [4.69, 9.17) is 23.2 Å². The van der Waals surface area contributed by atoms with Crippen LogP contribution in [0.2, 0.25) is 10.0 Å². The third-order valence-electron chi connectivity index (χ3n) is 5.16. The molecule has 0 aliphatic carbocycles. The number of nitrogens with one attached hydrogen (secondary N) is 4. The lowest BCUT2D eigenvalue weighted by Crippen LogP contribution is -2.46. The SMILES string of the molecule is C[C@@H](NC(=O)Cc1csc(NC(=O)NCc2ccccc2)n1)C(=O)NC(CC(=O)O)c1cc(Cl)cc(Cl)c1. The summed E-state index contributed by atoms with van der Waals surface area (Å²) in [7, 11) is 0. The Labute approximate surface area is 232 Å². The van der Waals surface area contributed by atoms with Crippen LogP contribution in [-0.4, -0.2) is 39.9 Å². The number of anilines is 1. The van der Waals surface area contributed by atoms with E-state index in [0.717, 1.165) is 16.9 Å². The largest absolute Gasteiger partial charge is 0.481 e. The van der Waals surface area contributed by atoms with E-state index in [1.165, 1.54) is 25.1 Å². The predicted molar refractivity (Wildman–Crippen MR) is 145 cm³/mol. The Morgan fingerprint density at radius 2 is 1.71 bits per heavy atom. The Hall–Kier alpha value is -3.67. The molecule has 0 spiro atoms. The van der Waals surface area contributed by atoms with Crippen LogP contribution in [0, 0.1) is 0 Å². The summed E-state index contributed by atoms with van der Waals surface area (Å²) in [5.74, 6) is -2.19. The Kier molecular flexibility index (Phi) is 10.5. The fourth-order valence-corrected chi connectivity index (χ4v) is 4.64. The van der Waals surface area contributed by atoms with Crippen LogP contribution in [0.5, 0.6) is 0 Å². The zero-order valence-electron chi connectivity index (χ0n) is 20.2. The summed E-state index contributed by atoms with van der Waals surface area (Å²) in [6.45, 7) is 1.83. The molecule has 13 heteroatoms. The molecular weight excluding hydrogens is 553 g/mol. The van der Waals surface area contributed by atoms with Crippen LogP contribution in [0.3, 0.4) is 0 Å². The molecule has 3 rings (SSSR count). The van der Waals surface area contributed by atoms with E-state index in [1.54, 1.807) is 5.38 Å². The minimum absolute atomic E-state index is 0.121. The Morgan fingerprint density at radius 3 is 2.37 bits per heavy atom. The van der Waals surface area contributed by atoms with E-state index in [2.05, 4.69) is 26.3 Å². The molecule has 0 aliphatic heterocycles. The van der Waals surface area contributed by atoms with Crippen LogP contribution in [0.25, 0.3) is 0 Å². The first-order valence-electron chi connectivity index (χ1n) is 11.4. The molecule has 10 nitrogen and oxygen atoms in total. The average Bonchev–Trinajstić information content (AvgIpc) is 3.28. The normalized spacial score (nSPS) is 12.2. The summed E-state index contributed by atoms with van der Waals surface area (Å²) < 4.78 is 0. The van der Waals surface area contributed by atoms with Gasteiger partial charge in [0.15, 0.2) is 5.13 Å². The van der Waals surface area contributed by atoms with Crippen LogP contribution in [0.4, 0.5) is 9.93 Å². The molecule has 0 radical (unpaired) electrons. The molecule has 2 aromatic carbocycles. The van der Waals surface area contributed by atoms with Crippen molar-refractivity contribution in [3.05, 3.63) is 80.8 Å². The first kappa shape index (κ1) is 28.9. The van der Waals surface area contributed by atoms with Crippen molar-refractivity contribution in [1.29, 1.82) is 0 Å². The minimum atomic E-state index is -1.13. The molecule has 0 bridgehead atoms. The van der Waals surface area contributed by atoms with E-state index in [0.29, 0.717) is 33.0 Å². The van der Waals surface area contributed by atoms with Gasteiger partial charge in [0.05, 0.1) is 24.6 Å². The molecule has 38 heavy (non-hydrogen) atoms. The van der Waals surface area contributed by atoms with E-state index >= 15 is 0 Å². The van der Waals surface area contributed by atoms with Crippen LogP contribution in [0.15, 0.2) is 53.9 Å². The molecule has 0 saturated heterocycles. The number of urea groups is 1. The summed E-state index contributed by atoms with van der Waals surface area (Å²) in [4.78, 5) is 52.9. The standard InChI is InChI=1S/C25H25Cl2N5O5S/c1-14(23(36)31-20(11-22(34)35)16-7-17(26)9-18(27)8-16)29-21(33)10-19-13-38-25(30-19)32-24(37)28-12-15-5-3-2-4-6-15/h2-9,13-14,20H,10-12H2,1H3,(H,29,33)(H,31,36)(H,34,35)(H2,28,30,32,37)/t14-,20?/m1/s1. The molecule has 2 atom stereocenters. The fourth-order valence-electron chi connectivity index (χ4n) is 3.39. The van der Waals surface area contributed by atoms with Gasteiger partial charge in [0.2, 0.25) is 11.8 Å². The molecule has 200 valence electrons. The highest BCUT2D eigenvalue weighted by atomic mass is 35.5. The summed E-state index contributed by atoms with van der Waals surface area (Å²) in [6, 6.07) is 11.6. The second kappa shape index (κ2) is 13.8. The first-order chi connectivity index (χ1) is 18.1. The maximum atomic E-state index is 12.7. The summed E-state index contributed by atoms with van der Waals surface area (Å²) >= 11 is 13.2. The van der Waals surface area contributed by atoms with Crippen molar-refractivity contribution in [3.63, 3.8) is 0 Å². The molecule has 1 unspecified atom stereocenters. The van der Waals surface area contributed by atoms with Gasteiger partial charge in [-0.1, -0.05) is 53.5 Å². The quantitative estimate of drug-likeness (QED) is 0.231. The molecular formula is C25H25Cl2N5O5S. The van der Waals surface area contributed by atoms with E-state index in [9.17, 15) is 24.3 Å². The lowest BCUT2D eigenvalue weighted by molar-refractivity contribution is -0.138. The van der Waals surface area contributed by atoms with Gasteiger partial charge in [-0.3, -0.25) is 19.7 Å². The number of thiazole rings is 1. The number of benzene rings is 2. The van der Waals surface area contributed by atoms with Crippen molar-refractivity contribution in [2.45, 2.75) is 38.4 Å². The molecule has 0 aliphatic rings. The Balaban J connectivity index is 1.50. The number of carboxylic acids is 1. The smallest absolute Gasteiger partial charge is 0.321 e. The van der Waals surface area contributed by atoms with Gasteiger partial charge in [-0.2, -0.15) is 0 Å². The number of carbonyl (C=O) groups excluding carboxylic acids is 3. The van der Waals surface area contributed by atoms with E-state index in [-0.39, 0.29) is 6.42 Å². The number of nitrogens with zero attached hydrogens (tertiary/aromatic N) is 1. The van der Waals surface area contributed by atoms with Crippen LogP contribution in [-0.2, 0) is 27.3 Å². The van der Waals surface area contributed by atoms with Crippen molar-refractivity contribution in [2.75, 3.05) is 5.32 Å². The number of amides is 4. The number of halogens is 2. The number of carboxylic acid groups (broad SMARTS) is 1. The minimum Gasteiger partial charge on any atom is -0.481 e. The lowest BCUT2D eigenvalue weighted by Gasteiger charge is -2.21. The summed E-state index contributed by atoms with van der Waals surface area (Å²) in [6.07, 6.45) is -0.527. The van der Waals surface area contributed by atoms with Crippen molar-refractivity contribution in [2.24, 2.45) is 0 Å². The molecule has 4 amide bonds. The van der Waals surface area contributed by atoms with Crippen molar-refractivity contribution < 1.29 is 24.3 Å². The lowest BCUT2D eigenvalue weighted by atomic mass is 10.0. The monoisotopic (exact) mass is 577 g/mol. The number of aromatic nitrogens is 1. The van der Waals surface area contributed by atoms with Gasteiger partial charge >= 0.3 is 12.0 Å². The van der Waals surface area contributed by atoms with Crippen LogP contribution in [0.1, 0.15) is 36.2 Å². The van der Waals surface area contributed by atoms with Crippen LogP contribution >= 0.6 is 34.5 Å². The highest BCUT2D eigenvalue weighted by Gasteiger charge is 2.23. The van der Waals surface area contributed by atoms with Gasteiger partial charge < -0.3 is 21.1 Å². The molecule has 5 N–H and O–H groups in total. The number of hydrogen-bond acceptors (Lipinski definition) is 6. The number of aliphatic carboxylic acids is 1. The van der Waals surface area contributed by atoms with Crippen molar-refractivity contribution in [3.8, 4) is 0 Å². The number of carbonyl (C=O) groups is 4. The Morgan fingerprint density at radius 1 is 1.03 bits per heavy atom. The van der Waals surface area contributed by atoms with Crippen molar-refractivity contribution in [1.82, 2.24) is 20.9 Å². The van der Waals surface area contributed by atoms with Gasteiger partial charge in [-0.15, -0.1) is 11.3 Å². The van der Waals surface area contributed by atoms with Gasteiger partial charge in [0.25, 0.3) is 0 Å². The summed E-state index contributed by atoms with van der Waals surface area (Å²) in [5, 5.41) is 22.3. The second-order valence-electron chi connectivity index (χ2n) is 8.27. The highest BCUT2D eigenvalue weighted by molar-refractivity contribution is 7.13. The molecule has 0 fully saturated rings. The molecule has 0 saturated carbocycles. The average molecular weight is 578 g/mol. The second-order valence-corrected chi connectivity index (χ2v) is 10.00. The third-order valence-corrected chi connectivity index (χ3v) is 6.41. The summed E-state index contributed by atoms with van der Waals surface area (Å²) in [5.41, 5.74) is 1.78. The first-order valence-corrected chi connectivity index (χ1v) is 13.0. The van der Waals surface area contributed by atoms with Crippen LogP contribution < -0.4 is 21.3 Å². The zero-order chi connectivity index (χ0) is 27.7. The zero-order valence-corrected chi connectivity index (χ0v) is 22.5. The maximum Gasteiger partial charge on any atom is 0.321 e. The van der Waals surface area contributed by atoms with Gasteiger partial charge in [-0.25, -0.2) is 9.78 Å². The third kappa shape index (κ3) is 9.33. The molecule has 3 aromatic rings. The van der Waals surface area contributed by atoms with Gasteiger partial charge in [0.1, 0.15) is 6.04 Å². The maximum absolute atomic E-state index is 12.7. The van der Waals surface area contributed by atoms with Crippen molar-refractivity contribution >= 4 is 63.5 Å². The fraction of sp³-hybridized carbons (Fsp3) is 0.240. The topological polar surface area (TPSA) is 150 Å². The predicted octanol–water partition coefficient (Wildman–Crippen LogP) is 4.15. The molecule has 1 aromatic heterocycles. The van der Waals surface area contributed by atoms with Gasteiger partial charge in [-0.05, 0) is 36.2 Å². The number of rotatable bonds is 11. The highest BCUT2D eigenvalue weighted by Crippen LogP contribution is 2.25. The van der Waals surface area contributed by atoms with E-state index in [1.807, 2.05) is 30.3 Å². The van der Waals surface area contributed by atoms with Gasteiger partial charge in [0, 0.05) is 22.0 Å².